The SMILES string of the molecule is O=C(NCCCOCC1CC1)c1ccc(Cl)cc1O. The number of ether oxygens (including phenoxy) is 1. The number of hydrogen-bond donors (Lipinski definition) is 2. The number of benzene rings is 1. The number of hydrogen-bond acceptors (Lipinski definition) is 3. The van der Waals surface area contributed by atoms with Crippen molar-refractivity contribution in [3.63, 3.8) is 0 Å². The van der Waals surface area contributed by atoms with Crippen LogP contribution < -0.4 is 5.32 Å². The number of nitrogens with one attached hydrogen (secondary N) is 1. The second kappa shape index (κ2) is 6.78. The molecule has 104 valence electrons. The summed E-state index contributed by atoms with van der Waals surface area (Å²) in [6.07, 6.45) is 3.34. The van der Waals surface area contributed by atoms with E-state index in [9.17, 15) is 9.90 Å². The predicted octanol–water partition coefficient (Wildman–Crippen LogP) is 2.59. The van der Waals surface area contributed by atoms with Crippen LogP contribution in [0.2, 0.25) is 5.02 Å². The summed E-state index contributed by atoms with van der Waals surface area (Å²) >= 11 is 5.71. The van der Waals surface area contributed by atoms with Crippen LogP contribution in [0.3, 0.4) is 0 Å². The number of phenols is 1. The van der Waals surface area contributed by atoms with Gasteiger partial charge in [0.25, 0.3) is 5.91 Å². The molecule has 0 saturated heterocycles. The topological polar surface area (TPSA) is 58.6 Å². The van der Waals surface area contributed by atoms with Crippen molar-refractivity contribution in [1.82, 2.24) is 5.32 Å². The summed E-state index contributed by atoms with van der Waals surface area (Å²) in [5.41, 5.74) is 0.239. The smallest absolute Gasteiger partial charge is 0.255 e. The molecule has 2 rings (SSSR count). The molecule has 1 aliphatic carbocycles. The highest BCUT2D eigenvalue weighted by Gasteiger charge is 2.20. The quantitative estimate of drug-likeness (QED) is 0.756. The summed E-state index contributed by atoms with van der Waals surface area (Å²) in [6.45, 7) is 2.03. The summed E-state index contributed by atoms with van der Waals surface area (Å²) in [5, 5.41) is 12.7. The van der Waals surface area contributed by atoms with E-state index < -0.39 is 0 Å². The molecule has 0 heterocycles. The van der Waals surface area contributed by atoms with Crippen molar-refractivity contribution in [1.29, 1.82) is 0 Å². The monoisotopic (exact) mass is 283 g/mol. The number of phenolic OH excluding ortho intramolecular Hbond substituents is 1. The van der Waals surface area contributed by atoms with Gasteiger partial charge in [-0.25, -0.2) is 0 Å². The lowest BCUT2D eigenvalue weighted by Gasteiger charge is -2.07. The van der Waals surface area contributed by atoms with E-state index in [1.807, 2.05) is 0 Å². The second-order valence-electron chi connectivity index (χ2n) is 4.79. The van der Waals surface area contributed by atoms with Gasteiger partial charge in [0.2, 0.25) is 0 Å². The first-order valence-corrected chi connectivity index (χ1v) is 6.89. The zero-order valence-corrected chi connectivity index (χ0v) is 11.4. The molecule has 0 aromatic heterocycles. The molecule has 5 heteroatoms. The molecule has 1 saturated carbocycles. The molecule has 1 aromatic carbocycles. The Morgan fingerprint density at radius 2 is 2.26 bits per heavy atom. The van der Waals surface area contributed by atoms with Gasteiger partial charge in [-0.1, -0.05) is 11.6 Å². The van der Waals surface area contributed by atoms with Crippen LogP contribution >= 0.6 is 11.6 Å². The van der Waals surface area contributed by atoms with E-state index >= 15 is 0 Å². The van der Waals surface area contributed by atoms with Gasteiger partial charge in [-0.05, 0) is 43.4 Å². The fraction of sp³-hybridized carbons (Fsp3) is 0.500. The van der Waals surface area contributed by atoms with Gasteiger partial charge in [0.1, 0.15) is 5.75 Å². The van der Waals surface area contributed by atoms with Crippen molar-refractivity contribution in [2.24, 2.45) is 5.92 Å². The van der Waals surface area contributed by atoms with Crippen LogP contribution in [0.15, 0.2) is 18.2 Å². The Morgan fingerprint density at radius 1 is 1.47 bits per heavy atom. The molecule has 0 spiro atoms. The second-order valence-corrected chi connectivity index (χ2v) is 5.23. The third kappa shape index (κ3) is 4.73. The number of amides is 1. The van der Waals surface area contributed by atoms with Crippen molar-refractivity contribution in [3.8, 4) is 5.75 Å². The summed E-state index contributed by atoms with van der Waals surface area (Å²) in [5.74, 6) is 0.368. The summed E-state index contributed by atoms with van der Waals surface area (Å²) in [4.78, 5) is 11.8. The number of rotatable bonds is 7. The first-order valence-electron chi connectivity index (χ1n) is 6.51. The summed E-state index contributed by atoms with van der Waals surface area (Å²) in [6, 6.07) is 4.45. The third-order valence-corrected chi connectivity index (χ3v) is 3.24. The molecule has 0 radical (unpaired) electrons. The van der Waals surface area contributed by atoms with E-state index in [0.29, 0.717) is 18.2 Å². The lowest BCUT2D eigenvalue weighted by atomic mass is 10.2. The Kier molecular flexibility index (Phi) is 5.05. The molecule has 0 aliphatic heterocycles. The summed E-state index contributed by atoms with van der Waals surface area (Å²) in [7, 11) is 0. The molecule has 0 unspecified atom stereocenters. The zero-order valence-electron chi connectivity index (χ0n) is 10.7. The minimum absolute atomic E-state index is 0.102. The highest BCUT2D eigenvalue weighted by molar-refractivity contribution is 6.30. The lowest BCUT2D eigenvalue weighted by molar-refractivity contribution is 0.0935. The highest BCUT2D eigenvalue weighted by Crippen LogP contribution is 2.28. The molecular weight excluding hydrogens is 266 g/mol. The molecule has 1 aliphatic rings. The average Bonchev–Trinajstić information content (AvgIpc) is 3.17. The van der Waals surface area contributed by atoms with Crippen LogP contribution in [-0.4, -0.2) is 30.8 Å². The Morgan fingerprint density at radius 3 is 2.95 bits per heavy atom. The van der Waals surface area contributed by atoms with Crippen LogP contribution in [-0.2, 0) is 4.74 Å². The number of carbonyl (C=O) groups is 1. The average molecular weight is 284 g/mol. The van der Waals surface area contributed by atoms with Crippen molar-refractivity contribution < 1.29 is 14.6 Å². The van der Waals surface area contributed by atoms with E-state index in [2.05, 4.69) is 5.32 Å². The fourth-order valence-corrected chi connectivity index (χ4v) is 1.87. The normalized spacial score (nSPS) is 14.4. The minimum Gasteiger partial charge on any atom is -0.507 e. The molecule has 19 heavy (non-hydrogen) atoms. The Labute approximate surface area is 117 Å². The predicted molar refractivity (Wildman–Crippen MR) is 73.6 cm³/mol. The third-order valence-electron chi connectivity index (χ3n) is 3.01. The largest absolute Gasteiger partial charge is 0.507 e. The Balaban J connectivity index is 1.65. The van der Waals surface area contributed by atoms with E-state index in [1.165, 1.54) is 25.0 Å². The molecule has 2 N–H and O–H groups in total. The maximum atomic E-state index is 11.8. The van der Waals surface area contributed by atoms with Crippen LogP contribution in [0.4, 0.5) is 0 Å². The molecule has 1 fully saturated rings. The molecule has 0 bridgehead atoms. The maximum absolute atomic E-state index is 11.8. The van der Waals surface area contributed by atoms with E-state index in [-0.39, 0.29) is 17.2 Å². The van der Waals surface area contributed by atoms with Gasteiger partial charge in [-0.15, -0.1) is 0 Å². The number of aromatic hydroxyl groups is 1. The van der Waals surface area contributed by atoms with Gasteiger partial charge >= 0.3 is 0 Å². The van der Waals surface area contributed by atoms with Crippen molar-refractivity contribution in [2.45, 2.75) is 19.3 Å². The number of halogens is 1. The fourth-order valence-electron chi connectivity index (χ4n) is 1.70. The molecule has 0 atom stereocenters. The minimum atomic E-state index is -0.295. The molecular formula is C14H18ClNO3. The first-order chi connectivity index (χ1) is 9.16. The highest BCUT2D eigenvalue weighted by atomic mass is 35.5. The van der Waals surface area contributed by atoms with Crippen molar-refractivity contribution >= 4 is 17.5 Å². The van der Waals surface area contributed by atoms with Gasteiger partial charge in [0.05, 0.1) is 5.56 Å². The van der Waals surface area contributed by atoms with Crippen molar-refractivity contribution in [3.05, 3.63) is 28.8 Å². The van der Waals surface area contributed by atoms with Crippen LogP contribution in [0.25, 0.3) is 0 Å². The molecule has 4 nitrogen and oxygen atoms in total. The van der Waals surface area contributed by atoms with Gasteiger partial charge in [-0.2, -0.15) is 0 Å². The lowest BCUT2D eigenvalue weighted by Crippen LogP contribution is -2.25. The van der Waals surface area contributed by atoms with E-state index in [0.717, 1.165) is 18.9 Å². The van der Waals surface area contributed by atoms with Crippen LogP contribution in [0.5, 0.6) is 5.75 Å². The van der Waals surface area contributed by atoms with Crippen LogP contribution in [0.1, 0.15) is 29.6 Å². The van der Waals surface area contributed by atoms with Gasteiger partial charge < -0.3 is 15.2 Å². The Hall–Kier alpha value is -1.26. The Bertz CT molecular complexity index is 446. The van der Waals surface area contributed by atoms with Crippen molar-refractivity contribution in [2.75, 3.05) is 19.8 Å². The standard InChI is InChI=1S/C14H18ClNO3/c15-11-4-5-12(13(17)8-11)14(18)16-6-1-7-19-9-10-2-3-10/h4-5,8,10,17H,1-3,6-7,9H2,(H,16,18). The van der Waals surface area contributed by atoms with Crippen LogP contribution in [0, 0.1) is 5.92 Å². The summed E-state index contributed by atoms with van der Waals surface area (Å²) < 4.78 is 5.47. The van der Waals surface area contributed by atoms with E-state index in [4.69, 9.17) is 16.3 Å². The first kappa shape index (κ1) is 14.2. The van der Waals surface area contributed by atoms with Gasteiger partial charge in [0.15, 0.2) is 0 Å². The van der Waals surface area contributed by atoms with Gasteiger partial charge in [0, 0.05) is 24.8 Å². The van der Waals surface area contributed by atoms with E-state index in [1.54, 1.807) is 6.07 Å². The number of carbonyl (C=O) groups excluding carboxylic acids is 1. The maximum Gasteiger partial charge on any atom is 0.255 e. The molecule has 1 aromatic rings. The zero-order chi connectivity index (χ0) is 13.7. The van der Waals surface area contributed by atoms with Gasteiger partial charge in [-0.3, -0.25) is 4.79 Å². The molecule has 1 amide bonds.